The van der Waals surface area contributed by atoms with Crippen LogP contribution in [0.25, 0.3) is 0 Å². The quantitative estimate of drug-likeness (QED) is 0.587. The average Bonchev–Trinajstić information content (AvgIpc) is 2.55. The number of esters is 3. The number of rotatable bonds is 5. The van der Waals surface area contributed by atoms with Gasteiger partial charge in [-0.3, -0.25) is 9.59 Å². The lowest BCUT2D eigenvalue weighted by Crippen LogP contribution is -2.64. The van der Waals surface area contributed by atoms with E-state index in [0.717, 1.165) is 0 Å². The Morgan fingerprint density at radius 3 is 2.23 bits per heavy atom. The number of benzene rings is 1. The van der Waals surface area contributed by atoms with Crippen molar-refractivity contribution in [2.45, 2.75) is 45.0 Å². The van der Waals surface area contributed by atoms with Gasteiger partial charge in [0, 0.05) is 13.8 Å². The van der Waals surface area contributed by atoms with E-state index in [4.69, 9.17) is 18.9 Å². The Kier molecular flexibility index (Phi) is 5.69. The van der Waals surface area contributed by atoms with Gasteiger partial charge in [-0.25, -0.2) is 4.79 Å². The molecule has 0 amide bonds. The monoisotopic (exact) mass is 362 g/mol. The van der Waals surface area contributed by atoms with Crippen LogP contribution in [0.4, 0.5) is 0 Å². The van der Waals surface area contributed by atoms with Crippen LogP contribution in [-0.4, -0.2) is 41.8 Å². The van der Waals surface area contributed by atoms with Crippen LogP contribution in [0.2, 0.25) is 0 Å². The minimum Gasteiger partial charge on any atom is -0.490 e. The standard InChI is InChI=1S/C19H22O7/c1-13(20)25-18(3)10-11-23-16(19(18,4)26-14(2)21)12-24-17(22)15-8-6-5-7-9-15/h5-11,16H,12H2,1-4H3/t16?,18-,19-/m1/s1. The van der Waals surface area contributed by atoms with Gasteiger partial charge in [-0.15, -0.1) is 0 Å². The molecule has 1 aliphatic rings. The van der Waals surface area contributed by atoms with Crippen molar-refractivity contribution >= 4 is 17.9 Å². The van der Waals surface area contributed by atoms with E-state index in [-0.39, 0.29) is 6.61 Å². The fourth-order valence-electron chi connectivity index (χ4n) is 2.79. The molecule has 0 bridgehead atoms. The van der Waals surface area contributed by atoms with Gasteiger partial charge in [0.15, 0.2) is 17.3 Å². The van der Waals surface area contributed by atoms with Crippen molar-refractivity contribution in [1.82, 2.24) is 0 Å². The topological polar surface area (TPSA) is 88.1 Å². The van der Waals surface area contributed by atoms with E-state index in [2.05, 4.69) is 0 Å². The lowest BCUT2D eigenvalue weighted by atomic mass is 9.79. The first-order chi connectivity index (χ1) is 12.2. The summed E-state index contributed by atoms with van der Waals surface area (Å²) in [7, 11) is 0. The van der Waals surface area contributed by atoms with E-state index in [9.17, 15) is 14.4 Å². The predicted octanol–water partition coefficient (Wildman–Crippen LogP) is 2.40. The highest BCUT2D eigenvalue weighted by Gasteiger charge is 2.57. The highest BCUT2D eigenvalue weighted by Crippen LogP contribution is 2.39. The third-order valence-corrected chi connectivity index (χ3v) is 4.32. The van der Waals surface area contributed by atoms with E-state index in [1.807, 2.05) is 0 Å². The molecule has 7 nitrogen and oxygen atoms in total. The van der Waals surface area contributed by atoms with Crippen LogP contribution in [0.3, 0.4) is 0 Å². The summed E-state index contributed by atoms with van der Waals surface area (Å²) in [4.78, 5) is 35.3. The van der Waals surface area contributed by atoms with Gasteiger partial charge < -0.3 is 18.9 Å². The molecule has 1 aromatic rings. The molecule has 1 aliphatic heterocycles. The maximum atomic E-state index is 12.2. The summed E-state index contributed by atoms with van der Waals surface area (Å²) in [6.45, 7) is 5.47. The Hall–Kier alpha value is -2.83. The molecular formula is C19H22O7. The van der Waals surface area contributed by atoms with Crippen LogP contribution in [-0.2, 0) is 28.5 Å². The Morgan fingerprint density at radius 1 is 1.04 bits per heavy atom. The highest BCUT2D eigenvalue weighted by atomic mass is 16.6. The molecule has 0 fully saturated rings. The predicted molar refractivity (Wildman–Crippen MR) is 91.1 cm³/mol. The zero-order chi connectivity index (χ0) is 19.4. The van der Waals surface area contributed by atoms with E-state index in [1.54, 1.807) is 44.2 Å². The van der Waals surface area contributed by atoms with Gasteiger partial charge in [0.05, 0.1) is 11.8 Å². The zero-order valence-corrected chi connectivity index (χ0v) is 15.2. The molecule has 0 spiro atoms. The van der Waals surface area contributed by atoms with Crippen LogP contribution >= 0.6 is 0 Å². The number of hydrogen-bond donors (Lipinski definition) is 0. The van der Waals surface area contributed by atoms with E-state index >= 15 is 0 Å². The van der Waals surface area contributed by atoms with Crippen LogP contribution in [0.5, 0.6) is 0 Å². The van der Waals surface area contributed by atoms with Crippen molar-refractivity contribution in [3.63, 3.8) is 0 Å². The summed E-state index contributed by atoms with van der Waals surface area (Å²) >= 11 is 0. The van der Waals surface area contributed by atoms with Crippen molar-refractivity contribution in [2.75, 3.05) is 6.61 Å². The second-order valence-corrected chi connectivity index (χ2v) is 6.29. The maximum absolute atomic E-state index is 12.2. The van der Waals surface area contributed by atoms with Crippen molar-refractivity contribution in [3.05, 3.63) is 48.2 Å². The molecule has 0 N–H and O–H groups in total. The molecule has 7 heteroatoms. The number of carbonyl (C=O) groups is 3. The molecule has 0 aromatic heterocycles. The number of carbonyl (C=O) groups excluding carboxylic acids is 3. The first-order valence-electron chi connectivity index (χ1n) is 8.12. The molecule has 0 radical (unpaired) electrons. The molecule has 2 rings (SSSR count). The largest absolute Gasteiger partial charge is 0.490 e. The Balaban J connectivity index is 2.22. The molecule has 1 heterocycles. The Labute approximate surface area is 151 Å². The van der Waals surface area contributed by atoms with Crippen molar-refractivity contribution in [3.8, 4) is 0 Å². The second kappa shape index (κ2) is 7.59. The van der Waals surface area contributed by atoms with Crippen molar-refractivity contribution in [1.29, 1.82) is 0 Å². The zero-order valence-electron chi connectivity index (χ0n) is 15.2. The summed E-state index contributed by atoms with van der Waals surface area (Å²) in [6, 6.07) is 8.47. The lowest BCUT2D eigenvalue weighted by molar-refractivity contribution is -0.227. The van der Waals surface area contributed by atoms with Crippen LogP contribution in [0.15, 0.2) is 42.7 Å². The van der Waals surface area contributed by atoms with Gasteiger partial charge in [0.1, 0.15) is 6.61 Å². The van der Waals surface area contributed by atoms with Crippen molar-refractivity contribution in [2.24, 2.45) is 0 Å². The van der Waals surface area contributed by atoms with E-state index < -0.39 is 35.2 Å². The molecule has 26 heavy (non-hydrogen) atoms. The summed E-state index contributed by atoms with van der Waals surface area (Å²) in [5.41, 5.74) is -2.29. The fourth-order valence-corrected chi connectivity index (χ4v) is 2.79. The molecule has 1 aromatic carbocycles. The minimum atomic E-state index is -1.39. The molecule has 3 atom stereocenters. The number of hydrogen-bond acceptors (Lipinski definition) is 7. The number of ether oxygens (including phenoxy) is 4. The smallest absolute Gasteiger partial charge is 0.338 e. The maximum Gasteiger partial charge on any atom is 0.338 e. The molecule has 140 valence electrons. The first kappa shape index (κ1) is 19.5. The highest BCUT2D eigenvalue weighted by molar-refractivity contribution is 5.89. The van der Waals surface area contributed by atoms with Gasteiger partial charge in [-0.05, 0) is 32.1 Å². The van der Waals surface area contributed by atoms with Gasteiger partial charge in [-0.1, -0.05) is 18.2 Å². The van der Waals surface area contributed by atoms with Crippen LogP contribution in [0.1, 0.15) is 38.1 Å². The summed E-state index contributed by atoms with van der Waals surface area (Å²) in [5, 5.41) is 0. The average molecular weight is 362 g/mol. The third-order valence-electron chi connectivity index (χ3n) is 4.32. The lowest BCUT2D eigenvalue weighted by Gasteiger charge is -2.48. The molecular weight excluding hydrogens is 340 g/mol. The molecule has 0 saturated heterocycles. The molecule has 0 saturated carbocycles. The summed E-state index contributed by atoms with van der Waals surface area (Å²) in [6.07, 6.45) is 1.97. The Bertz CT molecular complexity index is 712. The van der Waals surface area contributed by atoms with Crippen LogP contribution < -0.4 is 0 Å². The van der Waals surface area contributed by atoms with Gasteiger partial charge in [0.2, 0.25) is 0 Å². The molecule has 0 aliphatic carbocycles. The van der Waals surface area contributed by atoms with Gasteiger partial charge >= 0.3 is 17.9 Å². The van der Waals surface area contributed by atoms with Crippen LogP contribution in [0, 0.1) is 0 Å². The molecule has 1 unspecified atom stereocenters. The van der Waals surface area contributed by atoms with Crippen molar-refractivity contribution < 1.29 is 33.3 Å². The van der Waals surface area contributed by atoms with Gasteiger partial charge in [0.25, 0.3) is 0 Å². The second-order valence-electron chi connectivity index (χ2n) is 6.29. The SMILES string of the molecule is CC(=O)O[C@]1(C)C=COC(COC(=O)c2ccccc2)[C@@]1(C)OC(C)=O. The van der Waals surface area contributed by atoms with E-state index in [1.165, 1.54) is 26.2 Å². The summed E-state index contributed by atoms with van der Waals surface area (Å²) in [5.74, 6) is -1.66. The fraction of sp³-hybridized carbons (Fsp3) is 0.421. The van der Waals surface area contributed by atoms with E-state index in [0.29, 0.717) is 5.56 Å². The summed E-state index contributed by atoms with van der Waals surface area (Å²) < 4.78 is 21.7. The minimum absolute atomic E-state index is 0.196. The van der Waals surface area contributed by atoms with Gasteiger partial charge in [-0.2, -0.15) is 0 Å². The first-order valence-corrected chi connectivity index (χ1v) is 8.12. The normalized spacial score (nSPS) is 27.2. The Morgan fingerprint density at radius 2 is 1.65 bits per heavy atom. The third kappa shape index (κ3) is 4.04.